The summed E-state index contributed by atoms with van der Waals surface area (Å²) in [6.45, 7) is 6.74. The Balaban J connectivity index is 1.64. The minimum absolute atomic E-state index is 0.0378. The molecule has 0 fully saturated rings. The molecule has 148 valence electrons. The average molecular weight is 382 g/mol. The van der Waals surface area contributed by atoms with Gasteiger partial charge < -0.3 is 19.7 Å². The fourth-order valence-electron chi connectivity index (χ4n) is 3.01. The Morgan fingerprint density at radius 2 is 1.96 bits per heavy atom. The number of benzene rings is 2. The lowest BCUT2D eigenvalue weighted by Crippen LogP contribution is -2.41. The van der Waals surface area contributed by atoms with Gasteiger partial charge in [-0.25, -0.2) is 0 Å². The molecule has 1 N–H and O–H groups in total. The van der Waals surface area contributed by atoms with Crippen LogP contribution in [-0.4, -0.2) is 31.6 Å². The van der Waals surface area contributed by atoms with Gasteiger partial charge >= 0.3 is 0 Å². The first-order valence-electron chi connectivity index (χ1n) is 9.55. The van der Waals surface area contributed by atoms with Gasteiger partial charge in [-0.05, 0) is 48.2 Å². The van der Waals surface area contributed by atoms with Gasteiger partial charge in [0.1, 0.15) is 11.5 Å². The molecule has 0 spiro atoms. The number of hydrogen-bond acceptors (Lipinski definition) is 4. The van der Waals surface area contributed by atoms with E-state index in [1.54, 1.807) is 23.1 Å². The Bertz CT molecular complexity index is 846. The molecule has 1 aliphatic rings. The molecule has 1 aliphatic heterocycles. The molecule has 0 aromatic heterocycles. The zero-order valence-corrected chi connectivity index (χ0v) is 16.5. The molecular weight excluding hydrogens is 356 g/mol. The van der Waals surface area contributed by atoms with Crippen LogP contribution in [0.4, 0.5) is 11.4 Å². The second-order valence-electron chi connectivity index (χ2n) is 7.20. The molecular formula is C22H26N2O4. The number of nitrogens with one attached hydrogen (secondary N) is 1. The number of anilines is 2. The third kappa shape index (κ3) is 4.82. The van der Waals surface area contributed by atoms with E-state index in [0.717, 1.165) is 6.42 Å². The van der Waals surface area contributed by atoms with Crippen molar-refractivity contribution >= 4 is 23.2 Å². The van der Waals surface area contributed by atoms with Gasteiger partial charge in [-0.3, -0.25) is 9.59 Å². The molecule has 2 aromatic rings. The highest BCUT2D eigenvalue weighted by atomic mass is 16.5. The van der Waals surface area contributed by atoms with E-state index in [9.17, 15) is 9.59 Å². The minimum Gasteiger partial charge on any atom is -0.484 e. The van der Waals surface area contributed by atoms with Crippen molar-refractivity contribution in [3.63, 3.8) is 0 Å². The molecule has 6 nitrogen and oxygen atoms in total. The van der Waals surface area contributed by atoms with Gasteiger partial charge in [-0.15, -0.1) is 0 Å². The molecule has 6 heteroatoms. The molecule has 0 saturated heterocycles. The van der Waals surface area contributed by atoms with Gasteiger partial charge in [0.25, 0.3) is 11.8 Å². The van der Waals surface area contributed by atoms with E-state index in [1.807, 2.05) is 24.3 Å². The molecule has 0 radical (unpaired) electrons. The molecule has 2 aromatic carbocycles. The topological polar surface area (TPSA) is 67.9 Å². The van der Waals surface area contributed by atoms with Gasteiger partial charge in [-0.2, -0.15) is 0 Å². The molecule has 1 heterocycles. The highest BCUT2D eigenvalue weighted by Gasteiger charge is 2.26. The summed E-state index contributed by atoms with van der Waals surface area (Å²) >= 11 is 0. The summed E-state index contributed by atoms with van der Waals surface area (Å²) in [5.74, 6) is 1.27. The van der Waals surface area contributed by atoms with E-state index in [2.05, 4.69) is 26.1 Å². The van der Waals surface area contributed by atoms with Crippen molar-refractivity contribution in [1.29, 1.82) is 0 Å². The van der Waals surface area contributed by atoms with Gasteiger partial charge in [0.05, 0.1) is 5.69 Å². The number of rotatable bonds is 7. The largest absolute Gasteiger partial charge is 0.484 e. The van der Waals surface area contributed by atoms with Crippen LogP contribution in [0, 0.1) is 5.92 Å². The van der Waals surface area contributed by atoms with Crippen LogP contribution in [0.2, 0.25) is 0 Å². The van der Waals surface area contributed by atoms with Gasteiger partial charge in [-0.1, -0.05) is 32.9 Å². The molecule has 3 rings (SSSR count). The number of ether oxygens (including phenoxy) is 2. The number of carbonyl (C=O) groups excluding carboxylic acids is 2. The van der Waals surface area contributed by atoms with Crippen LogP contribution in [0.3, 0.4) is 0 Å². The summed E-state index contributed by atoms with van der Waals surface area (Å²) in [5.41, 5.74) is 2.49. The van der Waals surface area contributed by atoms with Gasteiger partial charge in [0, 0.05) is 12.2 Å². The second kappa shape index (κ2) is 8.78. The van der Waals surface area contributed by atoms with Gasteiger partial charge in [0.2, 0.25) is 0 Å². The zero-order valence-electron chi connectivity index (χ0n) is 16.5. The summed E-state index contributed by atoms with van der Waals surface area (Å²) in [6, 6.07) is 13.0. The average Bonchev–Trinajstić information content (AvgIpc) is 2.69. The Labute approximate surface area is 165 Å². The monoisotopic (exact) mass is 382 g/mol. The van der Waals surface area contributed by atoms with Crippen LogP contribution < -0.4 is 19.7 Å². The Hall–Kier alpha value is -3.02. The maximum absolute atomic E-state index is 12.3. The SMILES string of the molecule is CCc1ccc(OCC(=O)Nc2ccc3c(c2)N(CC(C)C)C(=O)CO3)cc1. The van der Waals surface area contributed by atoms with Crippen molar-refractivity contribution in [2.24, 2.45) is 5.92 Å². The van der Waals surface area contributed by atoms with E-state index < -0.39 is 0 Å². The van der Waals surface area contributed by atoms with E-state index in [0.29, 0.717) is 35.3 Å². The summed E-state index contributed by atoms with van der Waals surface area (Å²) in [4.78, 5) is 26.2. The predicted octanol–water partition coefficient (Wildman–Crippen LogP) is 3.65. The van der Waals surface area contributed by atoms with Crippen LogP contribution in [0.15, 0.2) is 42.5 Å². The van der Waals surface area contributed by atoms with Crippen molar-refractivity contribution in [1.82, 2.24) is 0 Å². The lowest BCUT2D eigenvalue weighted by atomic mass is 10.1. The van der Waals surface area contributed by atoms with E-state index in [-0.39, 0.29) is 25.0 Å². The van der Waals surface area contributed by atoms with Crippen molar-refractivity contribution < 1.29 is 19.1 Å². The Morgan fingerprint density at radius 3 is 2.64 bits per heavy atom. The minimum atomic E-state index is -0.266. The molecule has 0 aliphatic carbocycles. The summed E-state index contributed by atoms with van der Waals surface area (Å²) in [7, 11) is 0. The van der Waals surface area contributed by atoms with Crippen molar-refractivity contribution in [2.45, 2.75) is 27.2 Å². The first-order chi connectivity index (χ1) is 13.5. The molecule has 0 saturated carbocycles. The zero-order chi connectivity index (χ0) is 20.1. The number of hydrogen-bond donors (Lipinski definition) is 1. The summed E-state index contributed by atoms with van der Waals surface area (Å²) in [5, 5.41) is 2.82. The van der Waals surface area contributed by atoms with E-state index in [4.69, 9.17) is 9.47 Å². The van der Waals surface area contributed by atoms with Crippen LogP contribution in [0.25, 0.3) is 0 Å². The third-order valence-electron chi connectivity index (χ3n) is 4.43. The normalized spacial score (nSPS) is 13.1. The quantitative estimate of drug-likeness (QED) is 0.794. The number of nitrogens with zero attached hydrogens (tertiary/aromatic N) is 1. The van der Waals surface area contributed by atoms with Crippen LogP contribution in [-0.2, 0) is 16.0 Å². The van der Waals surface area contributed by atoms with Crippen molar-refractivity contribution in [2.75, 3.05) is 30.0 Å². The predicted molar refractivity (Wildman–Crippen MR) is 109 cm³/mol. The maximum atomic E-state index is 12.3. The Morgan fingerprint density at radius 1 is 1.21 bits per heavy atom. The fourth-order valence-corrected chi connectivity index (χ4v) is 3.01. The third-order valence-corrected chi connectivity index (χ3v) is 4.43. The van der Waals surface area contributed by atoms with Crippen LogP contribution >= 0.6 is 0 Å². The highest BCUT2D eigenvalue weighted by molar-refractivity contribution is 5.99. The summed E-state index contributed by atoms with van der Waals surface area (Å²) in [6.07, 6.45) is 0.957. The molecule has 28 heavy (non-hydrogen) atoms. The molecule has 0 unspecified atom stereocenters. The molecule has 2 amide bonds. The van der Waals surface area contributed by atoms with Crippen LogP contribution in [0.1, 0.15) is 26.3 Å². The standard InChI is InChI=1S/C22H26N2O4/c1-4-16-5-8-18(9-6-16)27-13-21(25)23-17-7-10-20-19(11-17)24(12-15(2)3)22(26)14-28-20/h5-11,15H,4,12-14H2,1-3H3,(H,23,25). The Kier molecular flexibility index (Phi) is 6.19. The maximum Gasteiger partial charge on any atom is 0.265 e. The van der Waals surface area contributed by atoms with E-state index in [1.165, 1.54) is 5.56 Å². The summed E-state index contributed by atoms with van der Waals surface area (Å²) < 4.78 is 11.0. The van der Waals surface area contributed by atoms with Crippen LogP contribution in [0.5, 0.6) is 11.5 Å². The van der Waals surface area contributed by atoms with Crippen molar-refractivity contribution in [3.8, 4) is 11.5 Å². The van der Waals surface area contributed by atoms with E-state index >= 15 is 0 Å². The smallest absolute Gasteiger partial charge is 0.265 e. The van der Waals surface area contributed by atoms with Gasteiger partial charge in [0.15, 0.2) is 13.2 Å². The number of aryl methyl sites for hydroxylation is 1. The molecule has 0 bridgehead atoms. The fraction of sp³-hybridized carbons (Fsp3) is 0.364. The first kappa shape index (κ1) is 19.7. The molecule has 0 atom stereocenters. The number of amides is 2. The first-order valence-corrected chi connectivity index (χ1v) is 9.55. The number of carbonyl (C=O) groups is 2. The lowest BCUT2D eigenvalue weighted by Gasteiger charge is -2.31. The highest BCUT2D eigenvalue weighted by Crippen LogP contribution is 2.35. The second-order valence-corrected chi connectivity index (χ2v) is 7.20. The number of fused-ring (bicyclic) bond motifs is 1. The lowest BCUT2D eigenvalue weighted by molar-refractivity contribution is -0.121. The van der Waals surface area contributed by atoms with Crippen molar-refractivity contribution in [3.05, 3.63) is 48.0 Å².